The van der Waals surface area contributed by atoms with Crippen LogP contribution in [0.3, 0.4) is 0 Å². The van der Waals surface area contributed by atoms with E-state index >= 15 is 0 Å². The van der Waals surface area contributed by atoms with Crippen LogP contribution in [0.25, 0.3) is 99.0 Å². The lowest BCUT2D eigenvalue weighted by Crippen LogP contribution is -1.92. The van der Waals surface area contributed by atoms with E-state index in [1.807, 2.05) is 18.2 Å². The molecule has 0 fully saturated rings. The third-order valence-corrected chi connectivity index (χ3v) is 10.6. The Hall–Kier alpha value is -6.90. The van der Waals surface area contributed by atoms with Crippen molar-refractivity contribution in [3.63, 3.8) is 0 Å². The van der Waals surface area contributed by atoms with Crippen molar-refractivity contribution in [1.29, 1.82) is 0 Å². The van der Waals surface area contributed by atoms with Gasteiger partial charge >= 0.3 is 0 Å². The fourth-order valence-electron chi connectivity index (χ4n) is 7.99. The van der Waals surface area contributed by atoms with Crippen LogP contribution in [0, 0.1) is 5.82 Å². The molecule has 53 heavy (non-hydrogen) atoms. The molecule has 1 aromatic heterocycles. The number of pyridine rings is 1. The predicted octanol–water partition coefficient (Wildman–Crippen LogP) is 14.2. The zero-order chi connectivity index (χ0) is 35.3. The van der Waals surface area contributed by atoms with Crippen LogP contribution >= 0.6 is 0 Å². The van der Waals surface area contributed by atoms with Crippen molar-refractivity contribution in [2.75, 3.05) is 0 Å². The molecule has 0 amide bonds. The van der Waals surface area contributed by atoms with Crippen molar-refractivity contribution >= 4 is 43.2 Å². The molecule has 0 spiro atoms. The van der Waals surface area contributed by atoms with Gasteiger partial charge in [0.15, 0.2) is 0 Å². The maximum absolute atomic E-state index is 13.9. The van der Waals surface area contributed by atoms with E-state index in [9.17, 15) is 4.39 Å². The van der Waals surface area contributed by atoms with Crippen molar-refractivity contribution in [2.24, 2.45) is 0 Å². The summed E-state index contributed by atoms with van der Waals surface area (Å²) in [4.78, 5) is 5.07. The highest BCUT2D eigenvalue weighted by atomic mass is 19.1. The maximum Gasteiger partial charge on any atom is 0.123 e. The molecule has 0 saturated carbocycles. The number of nitrogens with zero attached hydrogens (tertiary/aromatic N) is 1. The highest BCUT2D eigenvalue weighted by Crippen LogP contribution is 2.41. The average Bonchev–Trinajstić information content (AvgIpc) is 3.23. The second-order valence-corrected chi connectivity index (χ2v) is 13.6. The number of benzene rings is 9. The van der Waals surface area contributed by atoms with E-state index < -0.39 is 0 Å². The summed E-state index contributed by atoms with van der Waals surface area (Å²) in [5.74, 6) is -0.254. The van der Waals surface area contributed by atoms with E-state index in [1.54, 1.807) is 0 Å². The molecular weight excluding hydrogens is 646 g/mol. The molecule has 0 bridgehead atoms. The second kappa shape index (κ2) is 12.7. The Balaban J connectivity index is 1.05. The van der Waals surface area contributed by atoms with Gasteiger partial charge in [0, 0.05) is 21.7 Å². The van der Waals surface area contributed by atoms with Crippen LogP contribution < -0.4 is 0 Å². The first kappa shape index (κ1) is 30.9. The van der Waals surface area contributed by atoms with Gasteiger partial charge in [0.1, 0.15) is 5.82 Å². The minimum atomic E-state index is -0.254. The summed E-state index contributed by atoms with van der Waals surface area (Å²) in [5, 5.41) is 8.15. The Bertz CT molecular complexity index is 2960. The minimum Gasteiger partial charge on any atom is -0.247 e. The lowest BCUT2D eigenvalue weighted by molar-refractivity contribution is 0.628. The van der Waals surface area contributed by atoms with Gasteiger partial charge in [0.2, 0.25) is 0 Å². The molecule has 0 unspecified atom stereocenters. The molecule has 10 rings (SSSR count). The third-order valence-electron chi connectivity index (χ3n) is 10.6. The van der Waals surface area contributed by atoms with Gasteiger partial charge in [0.25, 0.3) is 0 Å². The topological polar surface area (TPSA) is 12.9 Å². The van der Waals surface area contributed by atoms with Gasteiger partial charge in [-0.25, -0.2) is 9.37 Å². The highest BCUT2D eigenvalue weighted by molar-refractivity contribution is 6.24. The average molecular weight is 678 g/mol. The Morgan fingerprint density at radius 3 is 1.38 bits per heavy atom. The standard InChI is InChI=1S/C51H32FN/c52-39-27-25-38(26-28-39)51-48-32-31-45-40(14-8-15-46(45)50(48)47-13-6-7-16-49(47)53-51)35-21-23-37(24-22-35)42-30-29-41(43-11-4-5-12-44(42)43)36-19-17-34(18-20-36)33-9-2-1-3-10-33/h1-32H. The third kappa shape index (κ3) is 5.35. The lowest BCUT2D eigenvalue weighted by Gasteiger charge is -2.15. The smallest absolute Gasteiger partial charge is 0.123 e. The Kier molecular flexibility index (Phi) is 7.40. The van der Waals surface area contributed by atoms with Gasteiger partial charge in [-0.05, 0) is 96.4 Å². The summed E-state index contributed by atoms with van der Waals surface area (Å²) < 4.78 is 13.9. The van der Waals surface area contributed by atoms with Crippen molar-refractivity contribution in [3.05, 3.63) is 200 Å². The summed E-state index contributed by atoms with van der Waals surface area (Å²) in [6.07, 6.45) is 0. The second-order valence-electron chi connectivity index (χ2n) is 13.6. The van der Waals surface area contributed by atoms with Gasteiger partial charge < -0.3 is 0 Å². The first-order valence-corrected chi connectivity index (χ1v) is 18.0. The summed E-state index contributed by atoms with van der Waals surface area (Å²) in [6, 6.07) is 67.5. The SMILES string of the molecule is Fc1ccc(-c2nc3ccccc3c3c2ccc2c(-c4ccc(-c5ccc(-c6ccc(-c7ccccc7)cc6)c6ccccc56)cc4)cccc23)cc1. The number of rotatable bonds is 5. The first-order valence-electron chi connectivity index (χ1n) is 18.0. The minimum absolute atomic E-state index is 0.254. The molecule has 248 valence electrons. The van der Waals surface area contributed by atoms with Crippen LogP contribution in [-0.4, -0.2) is 4.98 Å². The number of fused-ring (bicyclic) bond motifs is 6. The van der Waals surface area contributed by atoms with E-state index in [0.717, 1.165) is 38.5 Å². The molecule has 0 N–H and O–H groups in total. The number of halogens is 1. The van der Waals surface area contributed by atoms with Gasteiger partial charge in [-0.15, -0.1) is 0 Å². The van der Waals surface area contributed by atoms with Gasteiger partial charge in [0.05, 0.1) is 11.2 Å². The van der Waals surface area contributed by atoms with E-state index in [2.05, 4.69) is 164 Å². The molecule has 0 aliphatic carbocycles. The van der Waals surface area contributed by atoms with Gasteiger partial charge in [-0.2, -0.15) is 0 Å². The molecule has 0 atom stereocenters. The largest absolute Gasteiger partial charge is 0.247 e. The zero-order valence-electron chi connectivity index (χ0n) is 28.8. The molecule has 1 heterocycles. The quantitative estimate of drug-likeness (QED) is 0.165. The monoisotopic (exact) mass is 677 g/mol. The summed E-state index contributed by atoms with van der Waals surface area (Å²) in [7, 11) is 0. The van der Waals surface area contributed by atoms with Crippen LogP contribution in [0.4, 0.5) is 4.39 Å². The van der Waals surface area contributed by atoms with Gasteiger partial charge in [-0.3, -0.25) is 0 Å². The van der Waals surface area contributed by atoms with Crippen LogP contribution in [0.5, 0.6) is 0 Å². The fraction of sp³-hybridized carbons (Fsp3) is 0. The Labute approximate surface area is 307 Å². The Morgan fingerprint density at radius 1 is 0.283 bits per heavy atom. The lowest BCUT2D eigenvalue weighted by atomic mass is 9.89. The van der Waals surface area contributed by atoms with Crippen molar-refractivity contribution in [3.8, 4) is 55.8 Å². The molecule has 0 aliphatic rings. The zero-order valence-corrected chi connectivity index (χ0v) is 28.8. The van der Waals surface area contributed by atoms with E-state index in [4.69, 9.17) is 4.98 Å². The number of hydrogen-bond acceptors (Lipinski definition) is 1. The molecule has 1 nitrogen and oxygen atoms in total. The van der Waals surface area contributed by atoms with E-state index in [0.29, 0.717) is 0 Å². The van der Waals surface area contributed by atoms with Crippen LogP contribution in [0.15, 0.2) is 194 Å². The number of aromatic nitrogens is 1. The molecular formula is C51H32FN. The summed E-state index contributed by atoms with van der Waals surface area (Å²) >= 11 is 0. The molecule has 0 saturated heterocycles. The molecule has 0 aliphatic heterocycles. The van der Waals surface area contributed by atoms with Crippen LogP contribution in [-0.2, 0) is 0 Å². The van der Waals surface area contributed by atoms with Crippen molar-refractivity contribution in [1.82, 2.24) is 4.98 Å². The fourth-order valence-corrected chi connectivity index (χ4v) is 7.99. The van der Waals surface area contributed by atoms with Crippen LogP contribution in [0.2, 0.25) is 0 Å². The summed E-state index contributed by atoms with van der Waals surface area (Å²) in [5.41, 5.74) is 12.3. The van der Waals surface area contributed by atoms with Crippen LogP contribution in [0.1, 0.15) is 0 Å². The molecule has 9 aromatic carbocycles. The van der Waals surface area contributed by atoms with Gasteiger partial charge in [-0.1, -0.05) is 164 Å². The van der Waals surface area contributed by atoms with Crippen molar-refractivity contribution in [2.45, 2.75) is 0 Å². The molecule has 2 heteroatoms. The first-order chi connectivity index (χ1) is 26.2. The number of para-hydroxylation sites is 1. The van der Waals surface area contributed by atoms with E-state index in [1.165, 1.54) is 72.6 Å². The van der Waals surface area contributed by atoms with Crippen molar-refractivity contribution < 1.29 is 4.39 Å². The Morgan fingerprint density at radius 2 is 0.736 bits per heavy atom. The normalized spacial score (nSPS) is 11.5. The molecule has 0 radical (unpaired) electrons. The highest BCUT2D eigenvalue weighted by Gasteiger charge is 2.16. The predicted molar refractivity (Wildman–Crippen MR) is 221 cm³/mol. The summed E-state index contributed by atoms with van der Waals surface area (Å²) in [6.45, 7) is 0. The number of hydrogen-bond donors (Lipinski definition) is 0. The molecule has 10 aromatic rings. The van der Waals surface area contributed by atoms with E-state index in [-0.39, 0.29) is 5.82 Å². The maximum atomic E-state index is 13.9.